The molecule has 1 aliphatic carbocycles. The van der Waals surface area contributed by atoms with Crippen molar-refractivity contribution in [1.29, 1.82) is 0 Å². The van der Waals surface area contributed by atoms with E-state index in [-0.39, 0.29) is 5.56 Å². The Kier molecular flexibility index (Phi) is 4.61. The van der Waals surface area contributed by atoms with Crippen molar-refractivity contribution in [2.24, 2.45) is 0 Å². The first-order valence-electron chi connectivity index (χ1n) is 7.67. The Hall–Kier alpha value is -2.76. The number of aromatic carboxylic acids is 1. The number of rotatable bonds is 5. The van der Waals surface area contributed by atoms with E-state index in [9.17, 15) is 4.79 Å². The summed E-state index contributed by atoms with van der Waals surface area (Å²) >= 11 is 0. The van der Waals surface area contributed by atoms with E-state index in [4.69, 9.17) is 5.11 Å². The van der Waals surface area contributed by atoms with Crippen molar-refractivity contribution in [3.63, 3.8) is 0 Å². The van der Waals surface area contributed by atoms with Crippen LogP contribution in [0.4, 0.5) is 5.95 Å². The summed E-state index contributed by atoms with van der Waals surface area (Å²) in [6.07, 6.45) is 10.2. The fourth-order valence-electron chi connectivity index (χ4n) is 2.55. The van der Waals surface area contributed by atoms with Gasteiger partial charge in [-0.15, -0.1) is 0 Å². The normalized spacial score (nSPS) is 14.2. The van der Waals surface area contributed by atoms with Gasteiger partial charge in [-0.3, -0.25) is 4.98 Å². The zero-order valence-corrected chi connectivity index (χ0v) is 12.7. The summed E-state index contributed by atoms with van der Waals surface area (Å²) in [5.41, 5.74) is 2.70. The van der Waals surface area contributed by atoms with Gasteiger partial charge in [0.15, 0.2) is 0 Å². The molecule has 6 heteroatoms. The minimum absolute atomic E-state index is 0.190. The molecule has 2 aromatic heterocycles. The van der Waals surface area contributed by atoms with E-state index in [0.717, 1.165) is 19.4 Å². The average molecular weight is 310 g/mol. The third kappa shape index (κ3) is 3.91. The maximum atomic E-state index is 11.0. The summed E-state index contributed by atoms with van der Waals surface area (Å²) in [7, 11) is 0. The van der Waals surface area contributed by atoms with E-state index >= 15 is 0 Å². The van der Waals surface area contributed by atoms with Crippen molar-refractivity contribution in [2.75, 3.05) is 11.9 Å². The summed E-state index contributed by atoms with van der Waals surface area (Å²) in [4.78, 5) is 23.9. The SMILES string of the molecule is O=C(O)c1ccnc(-c2ccnc(NCC3=CCCCC3)n2)c1. The number of allylic oxidation sites excluding steroid dienone is 1. The molecule has 118 valence electrons. The van der Waals surface area contributed by atoms with Crippen LogP contribution in [0.1, 0.15) is 36.0 Å². The number of carboxylic acid groups (broad SMARTS) is 1. The van der Waals surface area contributed by atoms with E-state index in [1.165, 1.54) is 36.7 Å². The number of hydrogen-bond donors (Lipinski definition) is 2. The van der Waals surface area contributed by atoms with Crippen molar-refractivity contribution >= 4 is 11.9 Å². The van der Waals surface area contributed by atoms with Crippen LogP contribution < -0.4 is 5.32 Å². The largest absolute Gasteiger partial charge is 0.478 e. The maximum absolute atomic E-state index is 11.0. The summed E-state index contributed by atoms with van der Waals surface area (Å²) in [6, 6.07) is 4.69. The Morgan fingerprint density at radius 3 is 2.83 bits per heavy atom. The van der Waals surface area contributed by atoms with Crippen LogP contribution in [0.3, 0.4) is 0 Å². The molecule has 0 fully saturated rings. The molecule has 1 aliphatic rings. The number of carboxylic acids is 1. The summed E-state index contributed by atoms with van der Waals surface area (Å²) in [5.74, 6) is -0.457. The van der Waals surface area contributed by atoms with Gasteiger partial charge in [0.05, 0.1) is 17.0 Å². The number of anilines is 1. The molecule has 6 nitrogen and oxygen atoms in total. The molecule has 0 saturated heterocycles. The van der Waals surface area contributed by atoms with Gasteiger partial charge in [-0.1, -0.05) is 11.6 Å². The minimum atomic E-state index is -0.981. The van der Waals surface area contributed by atoms with Gasteiger partial charge < -0.3 is 10.4 Å². The van der Waals surface area contributed by atoms with E-state index in [1.54, 1.807) is 12.3 Å². The van der Waals surface area contributed by atoms with Crippen LogP contribution in [-0.2, 0) is 0 Å². The number of aromatic nitrogens is 3. The predicted molar refractivity (Wildman–Crippen MR) is 87.3 cm³/mol. The number of nitrogens with one attached hydrogen (secondary N) is 1. The van der Waals surface area contributed by atoms with Gasteiger partial charge >= 0.3 is 5.97 Å². The highest BCUT2D eigenvalue weighted by molar-refractivity contribution is 5.88. The van der Waals surface area contributed by atoms with Crippen molar-refractivity contribution < 1.29 is 9.90 Å². The third-order valence-electron chi connectivity index (χ3n) is 3.78. The summed E-state index contributed by atoms with van der Waals surface area (Å²) in [6.45, 7) is 0.742. The molecule has 3 rings (SSSR count). The van der Waals surface area contributed by atoms with Gasteiger partial charge in [0.1, 0.15) is 0 Å². The third-order valence-corrected chi connectivity index (χ3v) is 3.78. The minimum Gasteiger partial charge on any atom is -0.478 e. The van der Waals surface area contributed by atoms with Gasteiger partial charge in [-0.2, -0.15) is 0 Å². The van der Waals surface area contributed by atoms with E-state index in [1.807, 2.05) is 0 Å². The first-order valence-corrected chi connectivity index (χ1v) is 7.67. The summed E-state index contributed by atoms with van der Waals surface area (Å²) in [5, 5.41) is 12.3. The van der Waals surface area contributed by atoms with Crippen LogP contribution >= 0.6 is 0 Å². The number of hydrogen-bond acceptors (Lipinski definition) is 5. The van der Waals surface area contributed by atoms with Gasteiger partial charge in [0.2, 0.25) is 5.95 Å². The quantitative estimate of drug-likeness (QED) is 0.825. The Labute approximate surface area is 134 Å². The fraction of sp³-hybridized carbons (Fsp3) is 0.294. The Bertz CT molecular complexity index is 743. The standard InChI is InChI=1S/C17H18N4O2/c22-16(23)13-6-8-18-15(10-13)14-7-9-19-17(21-14)20-11-12-4-2-1-3-5-12/h4,6-10H,1-3,5,11H2,(H,22,23)(H,19,20,21). The highest BCUT2D eigenvalue weighted by atomic mass is 16.4. The van der Waals surface area contributed by atoms with Crippen LogP contribution in [-0.4, -0.2) is 32.6 Å². The summed E-state index contributed by atoms with van der Waals surface area (Å²) < 4.78 is 0. The van der Waals surface area contributed by atoms with E-state index < -0.39 is 5.97 Å². The van der Waals surface area contributed by atoms with Crippen LogP contribution in [0.5, 0.6) is 0 Å². The smallest absolute Gasteiger partial charge is 0.335 e. The zero-order valence-electron chi connectivity index (χ0n) is 12.7. The molecule has 23 heavy (non-hydrogen) atoms. The molecular formula is C17H18N4O2. The lowest BCUT2D eigenvalue weighted by molar-refractivity contribution is 0.0697. The van der Waals surface area contributed by atoms with Gasteiger partial charge in [0, 0.05) is 18.9 Å². The molecule has 0 unspecified atom stereocenters. The van der Waals surface area contributed by atoms with Gasteiger partial charge in [-0.25, -0.2) is 14.8 Å². The monoisotopic (exact) mass is 310 g/mol. The van der Waals surface area contributed by atoms with Crippen molar-refractivity contribution in [3.05, 3.63) is 47.8 Å². The predicted octanol–water partition coefficient (Wildman–Crippen LogP) is 3.15. The second-order valence-corrected chi connectivity index (χ2v) is 5.46. The number of carbonyl (C=O) groups is 1. The highest BCUT2D eigenvalue weighted by Gasteiger charge is 2.09. The lowest BCUT2D eigenvalue weighted by atomic mass is 10.00. The van der Waals surface area contributed by atoms with Gasteiger partial charge in [0.25, 0.3) is 0 Å². The second-order valence-electron chi connectivity index (χ2n) is 5.46. The van der Waals surface area contributed by atoms with Crippen molar-refractivity contribution in [2.45, 2.75) is 25.7 Å². The molecule has 0 aliphatic heterocycles. The lowest BCUT2D eigenvalue weighted by Crippen LogP contribution is -2.10. The van der Waals surface area contributed by atoms with Crippen LogP contribution in [0.25, 0.3) is 11.4 Å². The zero-order chi connectivity index (χ0) is 16.1. The molecule has 0 radical (unpaired) electrons. The highest BCUT2D eigenvalue weighted by Crippen LogP contribution is 2.19. The molecule has 0 saturated carbocycles. The van der Waals surface area contributed by atoms with Crippen molar-refractivity contribution in [1.82, 2.24) is 15.0 Å². The molecular weight excluding hydrogens is 292 g/mol. The molecule has 2 aromatic rings. The topological polar surface area (TPSA) is 88.0 Å². The lowest BCUT2D eigenvalue weighted by Gasteiger charge is -2.13. The molecule has 0 amide bonds. The van der Waals surface area contributed by atoms with E-state index in [0.29, 0.717) is 17.3 Å². The maximum Gasteiger partial charge on any atom is 0.335 e. The van der Waals surface area contributed by atoms with Crippen LogP contribution in [0.15, 0.2) is 42.2 Å². The molecule has 0 aromatic carbocycles. The molecule has 0 atom stereocenters. The fourth-order valence-corrected chi connectivity index (χ4v) is 2.55. The van der Waals surface area contributed by atoms with Crippen molar-refractivity contribution in [3.8, 4) is 11.4 Å². The molecule has 0 bridgehead atoms. The average Bonchev–Trinajstić information content (AvgIpc) is 2.61. The first-order chi connectivity index (χ1) is 11.2. The Morgan fingerprint density at radius 1 is 1.17 bits per heavy atom. The number of nitrogens with zero attached hydrogens (tertiary/aromatic N) is 3. The second kappa shape index (κ2) is 7.00. The first kappa shape index (κ1) is 15.1. The Morgan fingerprint density at radius 2 is 2.04 bits per heavy atom. The molecule has 2 heterocycles. The Balaban J connectivity index is 1.75. The number of pyridine rings is 1. The molecule has 0 spiro atoms. The molecule has 2 N–H and O–H groups in total. The van der Waals surface area contributed by atoms with Crippen LogP contribution in [0.2, 0.25) is 0 Å². The van der Waals surface area contributed by atoms with Gasteiger partial charge in [-0.05, 0) is 43.9 Å². The van der Waals surface area contributed by atoms with Crippen LogP contribution in [0, 0.1) is 0 Å². The van der Waals surface area contributed by atoms with E-state index in [2.05, 4.69) is 26.3 Å².